The number of Topliss-reactive ketones (excluding diaryl/α,β-unsaturated/α-hetero) is 1. The Morgan fingerprint density at radius 2 is 1.91 bits per heavy atom. The average Bonchev–Trinajstić information content (AvgIpc) is 2.71. The molecule has 2 aromatic rings. The first kappa shape index (κ1) is 18.0. The molecule has 0 N–H and O–H groups in total. The van der Waals surface area contributed by atoms with Gasteiger partial charge in [0, 0.05) is 18.5 Å². The van der Waals surface area contributed by atoms with Crippen LogP contribution in [0.2, 0.25) is 10.0 Å². The lowest BCUT2D eigenvalue weighted by atomic mass is 9.91. The highest BCUT2D eigenvalue weighted by Gasteiger charge is 2.19. The maximum absolute atomic E-state index is 12.4. The molecule has 3 nitrogen and oxygen atoms in total. The van der Waals surface area contributed by atoms with E-state index in [0.717, 1.165) is 0 Å². The minimum absolute atomic E-state index is 0.0262. The predicted molar refractivity (Wildman–Crippen MR) is 97.8 cm³/mol. The number of carbonyl (C=O) groups excluding carboxylic acids is 1. The third kappa shape index (κ3) is 3.94. The van der Waals surface area contributed by atoms with Crippen molar-refractivity contribution >= 4 is 52.5 Å². The van der Waals surface area contributed by atoms with Gasteiger partial charge in [-0.2, -0.15) is 0 Å². The number of rotatable bonds is 2. The number of carbonyl (C=O) groups is 1. The summed E-state index contributed by atoms with van der Waals surface area (Å²) in [6.07, 6.45) is 3.21. The molecule has 0 saturated heterocycles. The first-order valence-electron chi connectivity index (χ1n) is 6.99. The molecule has 6 heteroatoms. The van der Waals surface area contributed by atoms with E-state index in [1.807, 2.05) is 20.8 Å². The Morgan fingerprint density at radius 1 is 1.26 bits per heavy atom. The van der Waals surface area contributed by atoms with Crippen LogP contribution in [-0.2, 0) is 11.8 Å². The first-order valence-corrected chi connectivity index (χ1v) is 8.56. The third-order valence-electron chi connectivity index (χ3n) is 3.32. The summed E-state index contributed by atoms with van der Waals surface area (Å²) in [4.78, 5) is 24.5. The zero-order valence-corrected chi connectivity index (χ0v) is 15.6. The van der Waals surface area contributed by atoms with E-state index < -0.39 is 5.41 Å². The molecule has 0 bridgehead atoms. The van der Waals surface area contributed by atoms with Gasteiger partial charge in [0.05, 0.1) is 14.6 Å². The van der Waals surface area contributed by atoms with E-state index in [0.29, 0.717) is 24.8 Å². The normalized spacial score (nSPS) is 13.7. The molecular weight excluding hydrogens is 353 g/mol. The number of halogens is 2. The highest BCUT2D eigenvalue weighted by Crippen LogP contribution is 2.25. The smallest absolute Gasteiger partial charge is 0.268 e. The molecular formula is C17H17Cl2NO2S. The molecule has 0 radical (unpaired) electrons. The van der Waals surface area contributed by atoms with Gasteiger partial charge in [0.25, 0.3) is 5.56 Å². The SMILES string of the molecule is Cn1c(=O)/c(=C\c2cccc(Cl)c2Cl)s/c1=C\C(=O)C(C)(C)C. The highest BCUT2D eigenvalue weighted by atomic mass is 35.5. The third-order valence-corrected chi connectivity index (χ3v) is 5.27. The van der Waals surface area contributed by atoms with Crippen LogP contribution in [0.15, 0.2) is 23.0 Å². The van der Waals surface area contributed by atoms with Crippen molar-refractivity contribution in [1.29, 1.82) is 0 Å². The molecule has 0 amide bonds. The molecule has 1 aromatic carbocycles. The van der Waals surface area contributed by atoms with E-state index in [1.165, 1.54) is 22.0 Å². The van der Waals surface area contributed by atoms with Crippen LogP contribution in [0, 0.1) is 5.41 Å². The minimum atomic E-state index is -0.486. The van der Waals surface area contributed by atoms with Crippen molar-refractivity contribution in [2.75, 3.05) is 0 Å². The Bertz CT molecular complexity index is 933. The van der Waals surface area contributed by atoms with Crippen LogP contribution in [-0.4, -0.2) is 10.4 Å². The lowest BCUT2D eigenvalue weighted by Crippen LogP contribution is -2.30. The van der Waals surface area contributed by atoms with Crippen molar-refractivity contribution in [3.63, 3.8) is 0 Å². The van der Waals surface area contributed by atoms with E-state index in [-0.39, 0.29) is 11.3 Å². The number of thiazole rings is 1. The summed E-state index contributed by atoms with van der Waals surface area (Å²) in [5.74, 6) is -0.0262. The Hall–Kier alpha value is -1.36. The fourth-order valence-electron chi connectivity index (χ4n) is 1.81. The molecule has 0 fully saturated rings. The van der Waals surface area contributed by atoms with Gasteiger partial charge in [-0.25, -0.2) is 0 Å². The van der Waals surface area contributed by atoms with Crippen molar-refractivity contribution < 1.29 is 4.79 Å². The van der Waals surface area contributed by atoms with Crippen LogP contribution in [0.1, 0.15) is 26.3 Å². The van der Waals surface area contributed by atoms with Crippen LogP contribution in [0.25, 0.3) is 12.2 Å². The molecule has 0 atom stereocenters. The Labute approximate surface area is 148 Å². The second-order valence-electron chi connectivity index (χ2n) is 6.21. The van der Waals surface area contributed by atoms with Gasteiger partial charge in [-0.05, 0) is 17.7 Å². The number of ketones is 1. The molecule has 0 aliphatic heterocycles. The Balaban J connectivity index is 2.64. The Morgan fingerprint density at radius 3 is 2.52 bits per heavy atom. The van der Waals surface area contributed by atoms with Gasteiger partial charge in [-0.1, -0.05) is 56.1 Å². The summed E-state index contributed by atoms with van der Waals surface area (Å²) >= 11 is 13.4. The standard InChI is InChI=1S/C17H17Cl2NO2S/c1-17(2,3)13(21)9-14-20(4)16(22)12(23-14)8-10-6-5-7-11(18)15(10)19/h5-9H,1-4H3/b12-8+,14-9-. The minimum Gasteiger partial charge on any atom is -0.302 e. The van der Waals surface area contributed by atoms with Gasteiger partial charge < -0.3 is 4.57 Å². The molecule has 2 rings (SSSR count). The molecule has 122 valence electrons. The van der Waals surface area contributed by atoms with Crippen LogP contribution in [0.3, 0.4) is 0 Å². The summed E-state index contributed by atoms with van der Waals surface area (Å²) in [6.45, 7) is 5.53. The number of aromatic nitrogens is 1. The van der Waals surface area contributed by atoms with Crippen molar-refractivity contribution in [2.45, 2.75) is 20.8 Å². The predicted octanol–water partition coefficient (Wildman–Crippen LogP) is 2.98. The fourth-order valence-corrected chi connectivity index (χ4v) is 3.19. The second kappa shape index (κ2) is 6.63. The van der Waals surface area contributed by atoms with Gasteiger partial charge in [-0.15, -0.1) is 11.3 Å². The summed E-state index contributed by atoms with van der Waals surface area (Å²) in [6, 6.07) is 5.25. The topological polar surface area (TPSA) is 39.1 Å². The Kier molecular flexibility index (Phi) is 5.19. The van der Waals surface area contributed by atoms with Crippen LogP contribution < -0.4 is 14.8 Å². The van der Waals surface area contributed by atoms with E-state index in [2.05, 4.69) is 0 Å². The van der Waals surface area contributed by atoms with Crippen molar-refractivity contribution in [3.05, 3.63) is 53.4 Å². The number of hydrogen-bond donors (Lipinski definition) is 0. The summed E-state index contributed by atoms with van der Waals surface area (Å²) in [5.41, 5.74) is 0.0195. The first-order chi connectivity index (χ1) is 10.6. The zero-order valence-electron chi connectivity index (χ0n) is 13.3. The lowest BCUT2D eigenvalue weighted by molar-refractivity contribution is -0.120. The number of hydrogen-bond acceptors (Lipinski definition) is 3. The highest BCUT2D eigenvalue weighted by molar-refractivity contribution is 7.07. The molecule has 1 heterocycles. The van der Waals surface area contributed by atoms with Gasteiger partial charge in [0.15, 0.2) is 5.78 Å². The van der Waals surface area contributed by atoms with Crippen molar-refractivity contribution in [1.82, 2.24) is 4.57 Å². The van der Waals surface area contributed by atoms with Crippen LogP contribution in [0.5, 0.6) is 0 Å². The summed E-state index contributed by atoms with van der Waals surface area (Å²) < 4.78 is 2.59. The maximum atomic E-state index is 12.4. The molecule has 1 aromatic heterocycles. The monoisotopic (exact) mass is 369 g/mol. The van der Waals surface area contributed by atoms with Crippen LogP contribution in [0.4, 0.5) is 0 Å². The van der Waals surface area contributed by atoms with E-state index >= 15 is 0 Å². The largest absolute Gasteiger partial charge is 0.302 e. The summed E-state index contributed by atoms with van der Waals surface area (Å²) in [7, 11) is 1.65. The zero-order chi connectivity index (χ0) is 17.4. The number of nitrogens with zero attached hydrogens (tertiary/aromatic N) is 1. The lowest BCUT2D eigenvalue weighted by Gasteiger charge is -2.12. The van der Waals surface area contributed by atoms with Gasteiger partial charge in [-0.3, -0.25) is 9.59 Å². The molecule has 0 saturated carbocycles. The quantitative estimate of drug-likeness (QED) is 0.815. The average molecular weight is 370 g/mol. The van der Waals surface area contributed by atoms with E-state index in [4.69, 9.17) is 23.2 Å². The van der Waals surface area contributed by atoms with Crippen molar-refractivity contribution in [3.8, 4) is 0 Å². The molecule has 23 heavy (non-hydrogen) atoms. The van der Waals surface area contributed by atoms with Crippen LogP contribution >= 0.6 is 34.5 Å². The fraction of sp³-hybridized carbons (Fsp3) is 0.294. The molecule has 0 unspecified atom stereocenters. The van der Waals surface area contributed by atoms with E-state index in [9.17, 15) is 9.59 Å². The molecule has 0 aliphatic rings. The molecule has 0 aliphatic carbocycles. The van der Waals surface area contributed by atoms with Gasteiger partial charge >= 0.3 is 0 Å². The second-order valence-corrected chi connectivity index (χ2v) is 8.06. The number of benzene rings is 1. The molecule has 0 spiro atoms. The van der Waals surface area contributed by atoms with E-state index in [1.54, 1.807) is 31.3 Å². The maximum Gasteiger partial charge on any atom is 0.268 e. The van der Waals surface area contributed by atoms with Gasteiger partial charge in [0.1, 0.15) is 4.66 Å². The summed E-state index contributed by atoms with van der Waals surface area (Å²) in [5, 5.41) is 0.837. The van der Waals surface area contributed by atoms with Crippen molar-refractivity contribution in [2.24, 2.45) is 12.5 Å². The van der Waals surface area contributed by atoms with Gasteiger partial charge in [0.2, 0.25) is 0 Å².